The molecule has 0 unspecified atom stereocenters. The van der Waals surface area contributed by atoms with Crippen LogP contribution in [0, 0.1) is 10.1 Å². The van der Waals surface area contributed by atoms with Gasteiger partial charge in [-0.3, -0.25) is 4.79 Å². The fourth-order valence-electron chi connectivity index (χ4n) is 2.45. The molecule has 3 aromatic rings. The molecule has 0 bridgehead atoms. The second-order valence-electron chi connectivity index (χ2n) is 5.32. The van der Waals surface area contributed by atoms with Crippen molar-refractivity contribution in [3.63, 3.8) is 0 Å². The van der Waals surface area contributed by atoms with Gasteiger partial charge in [-0.05, 0) is 23.1 Å². The molecular weight excluding hydrogens is 382 g/mol. The van der Waals surface area contributed by atoms with Crippen LogP contribution in [0.5, 0.6) is 5.75 Å². The summed E-state index contributed by atoms with van der Waals surface area (Å²) < 4.78 is 6.56. The van der Waals surface area contributed by atoms with Crippen LogP contribution in [-0.4, -0.2) is 40.9 Å². The molecule has 9 nitrogen and oxygen atoms in total. The minimum absolute atomic E-state index is 0.120. The summed E-state index contributed by atoms with van der Waals surface area (Å²) >= 11 is 7.22. The minimum atomic E-state index is -0.517. The molecule has 1 aromatic carbocycles. The Morgan fingerprint density at radius 3 is 3.00 bits per heavy atom. The standard InChI is InChI=1S/C15H14ClN5O4S/c1-19(13-14(21(23)24)20-5-6-26-15(20)18-13)8-12(22)17-10-7-9(16)3-4-11(10)25-2/h3-7H,8H2,1-2H3,(H,17,22). The molecule has 1 N–H and O–H groups in total. The minimum Gasteiger partial charge on any atom is -0.495 e. The first-order chi connectivity index (χ1) is 12.4. The largest absolute Gasteiger partial charge is 0.495 e. The van der Waals surface area contributed by atoms with Crippen LogP contribution >= 0.6 is 22.9 Å². The predicted octanol–water partition coefficient (Wildman–Crippen LogP) is 3.04. The second-order valence-corrected chi connectivity index (χ2v) is 6.63. The topological polar surface area (TPSA) is 102 Å². The van der Waals surface area contributed by atoms with E-state index in [1.807, 2.05) is 0 Å². The van der Waals surface area contributed by atoms with E-state index in [9.17, 15) is 14.9 Å². The van der Waals surface area contributed by atoms with E-state index in [0.29, 0.717) is 21.4 Å². The normalized spacial score (nSPS) is 10.7. The Morgan fingerprint density at radius 1 is 1.54 bits per heavy atom. The van der Waals surface area contributed by atoms with Gasteiger partial charge < -0.3 is 25.1 Å². The van der Waals surface area contributed by atoms with E-state index < -0.39 is 10.8 Å². The van der Waals surface area contributed by atoms with E-state index >= 15 is 0 Å². The van der Waals surface area contributed by atoms with E-state index in [1.54, 1.807) is 36.8 Å². The monoisotopic (exact) mass is 395 g/mol. The van der Waals surface area contributed by atoms with Gasteiger partial charge in [0.05, 0.1) is 19.3 Å². The van der Waals surface area contributed by atoms with Crippen molar-refractivity contribution in [1.82, 2.24) is 9.38 Å². The number of methoxy groups -OCH3 is 1. The van der Waals surface area contributed by atoms with Gasteiger partial charge in [-0.2, -0.15) is 9.38 Å². The number of likely N-dealkylation sites (N-methyl/N-ethyl adjacent to an activating group) is 1. The van der Waals surface area contributed by atoms with Crippen LogP contribution in [0.4, 0.5) is 17.3 Å². The molecule has 3 rings (SSSR count). The van der Waals surface area contributed by atoms with Gasteiger partial charge in [-0.25, -0.2) is 0 Å². The molecule has 0 aliphatic rings. The maximum Gasteiger partial charge on any atom is 0.373 e. The second kappa shape index (κ2) is 7.18. The number of aromatic nitrogens is 2. The van der Waals surface area contributed by atoms with Crippen molar-refractivity contribution in [1.29, 1.82) is 0 Å². The Bertz CT molecular complexity index is 986. The zero-order valence-corrected chi connectivity index (χ0v) is 15.4. The number of anilines is 2. The average Bonchev–Trinajstić information content (AvgIpc) is 3.15. The predicted molar refractivity (Wildman–Crippen MR) is 99.6 cm³/mol. The highest BCUT2D eigenvalue weighted by Crippen LogP contribution is 2.31. The van der Waals surface area contributed by atoms with Gasteiger partial charge in [0.1, 0.15) is 11.9 Å². The molecular formula is C15H14ClN5O4S. The number of nitro groups is 1. The van der Waals surface area contributed by atoms with Gasteiger partial charge in [0, 0.05) is 17.5 Å². The molecule has 0 saturated carbocycles. The van der Waals surface area contributed by atoms with E-state index in [4.69, 9.17) is 16.3 Å². The Kier molecular flexibility index (Phi) is 4.96. The number of rotatable bonds is 6. The maximum absolute atomic E-state index is 12.4. The summed E-state index contributed by atoms with van der Waals surface area (Å²) in [4.78, 5) is 29.4. The number of imidazole rings is 1. The molecule has 2 aromatic heterocycles. The molecule has 2 heterocycles. The summed E-state index contributed by atoms with van der Waals surface area (Å²) in [6, 6.07) is 4.84. The van der Waals surface area contributed by atoms with Crippen LogP contribution in [-0.2, 0) is 4.79 Å². The fraction of sp³-hybridized carbons (Fsp3) is 0.200. The number of ether oxygens (including phenoxy) is 1. The van der Waals surface area contributed by atoms with Crippen LogP contribution in [0.25, 0.3) is 4.96 Å². The third-order valence-corrected chi connectivity index (χ3v) is 4.56. The van der Waals surface area contributed by atoms with Crippen molar-refractivity contribution >= 4 is 51.1 Å². The summed E-state index contributed by atoms with van der Waals surface area (Å²) in [6.45, 7) is -0.138. The van der Waals surface area contributed by atoms with Gasteiger partial charge in [0.25, 0.3) is 4.96 Å². The first-order valence-corrected chi connectivity index (χ1v) is 8.61. The fourth-order valence-corrected chi connectivity index (χ4v) is 3.32. The van der Waals surface area contributed by atoms with Crippen molar-refractivity contribution in [3.05, 3.63) is 44.9 Å². The van der Waals surface area contributed by atoms with Crippen LogP contribution in [0.2, 0.25) is 5.02 Å². The summed E-state index contributed by atoms with van der Waals surface area (Å²) in [5.74, 6) is 0.00422. The van der Waals surface area contributed by atoms with Crippen molar-refractivity contribution < 1.29 is 14.5 Å². The third-order valence-electron chi connectivity index (χ3n) is 3.57. The van der Waals surface area contributed by atoms with Gasteiger partial charge in [-0.15, -0.1) is 0 Å². The van der Waals surface area contributed by atoms with Crippen LogP contribution in [0.1, 0.15) is 0 Å². The summed E-state index contributed by atoms with van der Waals surface area (Å²) in [6.07, 6.45) is 1.57. The SMILES string of the molecule is COc1ccc(Cl)cc1NC(=O)CN(C)c1nc2sccn2c1[N+](=O)[O-]. The number of thiazole rings is 1. The van der Waals surface area contributed by atoms with Gasteiger partial charge >= 0.3 is 5.82 Å². The lowest BCUT2D eigenvalue weighted by atomic mass is 10.3. The Labute approximate surface area is 156 Å². The summed E-state index contributed by atoms with van der Waals surface area (Å²) in [7, 11) is 3.04. The number of benzene rings is 1. The van der Waals surface area contributed by atoms with Crippen molar-refractivity contribution in [2.45, 2.75) is 0 Å². The summed E-state index contributed by atoms with van der Waals surface area (Å²) in [5.41, 5.74) is 0.415. The highest BCUT2D eigenvalue weighted by Gasteiger charge is 2.27. The van der Waals surface area contributed by atoms with Crippen molar-refractivity contribution in [2.75, 3.05) is 30.9 Å². The lowest BCUT2D eigenvalue weighted by molar-refractivity contribution is -0.389. The van der Waals surface area contributed by atoms with Crippen LogP contribution in [0.3, 0.4) is 0 Å². The van der Waals surface area contributed by atoms with E-state index in [0.717, 1.165) is 0 Å². The summed E-state index contributed by atoms with van der Waals surface area (Å²) in [5, 5.41) is 16.2. The van der Waals surface area contributed by atoms with E-state index in [-0.39, 0.29) is 18.2 Å². The third kappa shape index (κ3) is 3.41. The molecule has 0 saturated heterocycles. The molecule has 0 aliphatic heterocycles. The van der Waals surface area contributed by atoms with Crippen molar-refractivity contribution in [3.8, 4) is 5.75 Å². The molecule has 26 heavy (non-hydrogen) atoms. The first-order valence-electron chi connectivity index (χ1n) is 7.35. The Hall–Kier alpha value is -2.85. The molecule has 0 radical (unpaired) electrons. The number of nitrogens with one attached hydrogen (secondary N) is 1. The Morgan fingerprint density at radius 2 is 2.31 bits per heavy atom. The molecule has 11 heteroatoms. The number of hydrogen-bond acceptors (Lipinski definition) is 7. The quantitative estimate of drug-likeness (QED) is 0.508. The Balaban J connectivity index is 1.80. The number of halogens is 1. The van der Waals surface area contributed by atoms with Crippen LogP contribution < -0.4 is 15.0 Å². The lowest BCUT2D eigenvalue weighted by Crippen LogP contribution is -2.30. The number of fused-ring (bicyclic) bond motifs is 1. The van der Waals surface area contributed by atoms with Gasteiger partial charge in [-0.1, -0.05) is 22.9 Å². The van der Waals surface area contributed by atoms with Gasteiger partial charge in [0.15, 0.2) is 0 Å². The molecule has 0 spiro atoms. The first kappa shape index (κ1) is 18.0. The highest BCUT2D eigenvalue weighted by atomic mass is 35.5. The zero-order chi connectivity index (χ0) is 18.8. The maximum atomic E-state index is 12.4. The van der Waals surface area contributed by atoms with Crippen molar-refractivity contribution in [2.24, 2.45) is 0 Å². The van der Waals surface area contributed by atoms with E-state index in [2.05, 4.69) is 10.3 Å². The smallest absolute Gasteiger partial charge is 0.373 e. The number of amides is 1. The average molecular weight is 396 g/mol. The molecule has 0 atom stereocenters. The highest BCUT2D eigenvalue weighted by molar-refractivity contribution is 7.15. The number of hydrogen-bond donors (Lipinski definition) is 1. The van der Waals surface area contributed by atoms with Gasteiger partial charge in [0.2, 0.25) is 11.7 Å². The molecule has 1 amide bonds. The number of carbonyl (C=O) groups is 1. The number of carbonyl (C=O) groups excluding carboxylic acids is 1. The molecule has 0 aliphatic carbocycles. The number of nitrogens with zero attached hydrogens (tertiary/aromatic N) is 4. The van der Waals surface area contributed by atoms with E-state index in [1.165, 1.54) is 27.7 Å². The van der Waals surface area contributed by atoms with Crippen LogP contribution in [0.15, 0.2) is 29.8 Å². The lowest BCUT2D eigenvalue weighted by Gasteiger charge is -2.16. The molecule has 0 fully saturated rings. The zero-order valence-electron chi connectivity index (χ0n) is 13.8. The molecule has 136 valence electrons.